The van der Waals surface area contributed by atoms with Gasteiger partial charge in [0.25, 0.3) is 0 Å². The van der Waals surface area contributed by atoms with Crippen molar-refractivity contribution in [2.45, 2.75) is 32.9 Å². The van der Waals surface area contributed by atoms with Gasteiger partial charge in [-0.05, 0) is 25.2 Å². The first-order valence-electron chi connectivity index (χ1n) is 5.54. The number of methoxy groups -OCH3 is 1. The van der Waals surface area contributed by atoms with Crippen molar-refractivity contribution in [2.75, 3.05) is 7.11 Å². The van der Waals surface area contributed by atoms with E-state index in [1.807, 2.05) is 4.68 Å². The summed E-state index contributed by atoms with van der Waals surface area (Å²) in [5, 5.41) is 4.27. The van der Waals surface area contributed by atoms with E-state index in [0.29, 0.717) is 5.92 Å². The first-order chi connectivity index (χ1) is 7.19. The normalized spacial score (nSPS) is 26.4. The van der Waals surface area contributed by atoms with Gasteiger partial charge in [0.05, 0.1) is 25.0 Å². The maximum atomic E-state index is 6.25. The zero-order valence-electron chi connectivity index (χ0n) is 9.60. The quantitative estimate of drug-likeness (QED) is 0.819. The summed E-state index contributed by atoms with van der Waals surface area (Å²) >= 11 is 0. The molecule has 0 aromatic carbocycles. The lowest BCUT2D eigenvalue weighted by Gasteiger charge is -2.14. The van der Waals surface area contributed by atoms with Gasteiger partial charge >= 0.3 is 0 Å². The Hall–Kier alpha value is -1.03. The Kier molecular flexibility index (Phi) is 2.69. The number of hydrogen-bond acceptors (Lipinski definition) is 3. The Balaban J connectivity index is 2.27. The first-order valence-corrected chi connectivity index (χ1v) is 5.54. The van der Waals surface area contributed by atoms with Gasteiger partial charge in [-0.2, -0.15) is 5.10 Å². The predicted molar refractivity (Wildman–Crippen MR) is 58.7 cm³/mol. The average molecular weight is 209 g/mol. The zero-order valence-corrected chi connectivity index (χ0v) is 9.60. The number of aromatic nitrogens is 2. The van der Waals surface area contributed by atoms with E-state index in [2.05, 4.69) is 18.9 Å². The molecule has 0 amide bonds. The lowest BCUT2D eigenvalue weighted by Crippen LogP contribution is -2.19. The standard InChI is InChI=1S/C11H19N3O/c1-4-14-11(9(15-3)6-13-14)10(12)8-5-7(8)2/h6-8,10H,4-5,12H2,1-3H3. The molecule has 0 radical (unpaired) electrons. The van der Waals surface area contributed by atoms with Gasteiger partial charge in [-0.3, -0.25) is 4.68 Å². The molecule has 84 valence electrons. The summed E-state index contributed by atoms with van der Waals surface area (Å²) < 4.78 is 7.24. The van der Waals surface area contributed by atoms with Gasteiger partial charge in [0, 0.05) is 6.54 Å². The molecule has 1 saturated carbocycles. The number of hydrogen-bond donors (Lipinski definition) is 1. The van der Waals surface area contributed by atoms with Crippen LogP contribution in [0.5, 0.6) is 5.75 Å². The van der Waals surface area contributed by atoms with E-state index in [0.717, 1.165) is 23.9 Å². The summed E-state index contributed by atoms with van der Waals surface area (Å²) in [6, 6.07) is 0.0670. The van der Waals surface area contributed by atoms with Gasteiger partial charge in [0.2, 0.25) is 0 Å². The third-order valence-corrected chi connectivity index (χ3v) is 3.31. The minimum Gasteiger partial charge on any atom is -0.493 e. The fourth-order valence-electron chi connectivity index (χ4n) is 2.18. The molecule has 2 N–H and O–H groups in total. The van der Waals surface area contributed by atoms with Crippen molar-refractivity contribution in [3.63, 3.8) is 0 Å². The summed E-state index contributed by atoms with van der Waals surface area (Å²) in [7, 11) is 1.67. The topological polar surface area (TPSA) is 53.1 Å². The van der Waals surface area contributed by atoms with Crippen LogP contribution < -0.4 is 10.5 Å². The second-order valence-corrected chi connectivity index (χ2v) is 4.32. The molecule has 1 aliphatic rings. The van der Waals surface area contributed by atoms with Crippen molar-refractivity contribution in [3.8, 4) is 5.75 Å². The van der Waals surface area contributed by atoms with Crippen LogP contribution in [0.25, 0.3) is 0 Å². The van der Waals surface area contributed by atoms with Gasteiger partial charge in [-0.1, -0.05) is 6.92 Å². The summed E-state index contributed by atoms with van der Waals surface area (Å²) in [5.74, 6) is 2.16. The van der Waals surface area contributed by atoms with Crippen LogP contribution in [-0.2, 0) is 6.54 Å². The van der Waals surface area contributed by atoms with Gasteiger partial charge in [-0.25, -0.2) is 0 Å². The maximum Gasteiger partial charge on any atom is 0.161 e. The van der Waals surface area contributed by atoms with Crippen molar-refractivity contribution < 1.29 is 4.74 Å². The molecule has 1 fully saturated rings. The van der Waals surface area contributed by atoms with E-state index in [1.54, 1.807) is 13.3 Å². The molecular formula is C11H19N3O. The lowest BCUT2D eigenvalue weighted by atomic mass is 10.1. The van der Waals surface area contributed by atoms with Gasteiger partial charge in [0.15, 0.2) is 5.75 Å². The number of rotatable bonds is 4. The molecule has 4 heteroatoms. The van der Waals surface area contributed by atoms with Crippen molar-refractivity contribution in [2.24, 2.45) is 17.6 Å². The van der Waals surface area contributed by atoms with E-state index < -0.39 is 0 Å². The van der Waals surface area contributed by atoms with Crippen LogP contribution in [0, 0.1) is 11.8 Å². The van der Waals surface area contributed by atoms with Crippen LogP contribution >= 0.6 is 0 Å². The van der Waals surface area contributed by atoms with Crippen LogP contribution in [0.15, 0.2) is 6.20 Å². The van der Waals surface area contributed by atoms with Crippen molar-refractivity contribution in [1.29, 1.82) is 0 Å². The van der Waals surface area contributed by atoms with Crippen LogP contribution in [0.4, 0.5) is 0 Å². The smallest absolute Gasteiger partial charge is 0.161 e. The second kappa shape index (κ2) is 3.85. The van der Waals surface area contributed by atoms with Gasteiger partial charge < -0.3 is 10.5 Å². The third-order valence-electron chi connectivity index (χ3n) is 3.31. The Morgan fingerprint density at radius 2 is 2.40 bits per heavy atom. The Labute approximate surface area is 90.4 Å². The molecule has 0 saturated heterocycles. The molecule has 1 aliphatic carbocycles. The van der Waals surface area contributed by atoms with Gasteiger partial charge in [-0.15, -0.1) is 0 Å². The summed E-state index contributed by atoms with van der Waals surface area (Å²) in [6.45, 7) is 5.15. The fraction of sp³-hybridized carbons (Fsp3) is 0.727. The molecule has 2 rings (SSSR count). The summed E-state index contributed by atoms with van der Waals surface area (Å²) in [6.07, 6.45) is 2.98. The van der Waals surface area contributed by atoms with Crippen LogP contribution in [0.3, 0.4) is 0 Å². The summed E-state index contributed by atoms with van der Waals surface area (Å²) in [4.78, 5) is 0. The highest BCUT2D eigenvalue weighted by molar-refractivity contribution is 5.29. The Morgan fingerprint density at radius 3 is 2.87 bits per heavy atom. The molecule has 1 aromatic heterocycles. The van der Waals surface area contributed by atoms with Crippen LogP contribution in [-0.4, -0.2) is 16.9 Å². The maximum absolute atomic E-state index is 6.25. The predicted octanol–water partition coefficient (Wildman–Crippen LogP) is 1.57. The Morgan fingerprint density at radius 1 is 1.73 bits per heavy atom. The molecule has 0 aliphatic heterocycles. The number of nitrogens with two attached hydrogens (primary N) is 1. The molecule has 3 atom stereocenters. The lowest BCUT2D eigenvalue weighted by molar-refractivity contribution is 0.395. The highest BCUT2D eigenvalue weighted by Gasteiger charge is 2.40. The van der Waals surface area contributed by atoms with Gasteiger partial charge in [0.1, 0.15) is 0 Å². The molecule has 3 unspecified atom stereocenters. The van der Waals surface area contributed by atoms with Crippen LogP contribution in [0.1, 0.15) is 32.0 Å². The number of ether oxygens (including phenoxy) is 1. The monoisotopic (exact) mass is 209 g/mol. The molecule has 0 spiro atoms. The molecule has 15 heavy (non-hydrogen) atoms. The third kappa shape index (κ3) is 1.74. The average Bonchev–Trinajstić information content (AvgIpc) is 2.83. The highest BCUT2D eigenvalue weighted by atomic mass is 16.5. The second-order valence-electron chi connectivity index (χ2n) is 4.32. The Bertz CT molecular complexity index is 326. The number of aryl methyl sites for hydroxylation is 1. The largest absolute Gasteiger partial charge is 0.493 e. The minimum absolute atomic E-state index is 0.0670. The van der Waals surface area contributed by atoms with E-state index in [4.69, 9.17) is 10.5 Å². The van der Waals surface area contributed by atoms with E-state index >= 15 is 0 Å². The van der Waals surface area contributed by atoms with E-state index in [9.17, 15) is 0 Å². The SMILES string of the molecule is CCn1ncc(OC)c1C(N)C1CC1C. The number of nitrogens with zero attached hydrogens (tertiary/aromatic N) is 2. The van der Waals surface area contributed by atoms with E-state index in [-0.39, 0.29) is 6.04 Å². The van der Waals surface area contributed by atoms with Crippen molar-refractivity contribution in [1.82, 2.24) is 9.78 Å². The zero-order chi connectivity index (χ0) is 11.0. The molecule has 4 nitrogen and oxygen atoms in total. The highest BCUT2D eigenvalue weighted by Crippen LogP contribution is 2.47. The fourth-order valence-corrected chi connectivity index (χ4v) is 2.18. The van der Waals surface area contributed by atoms with Crippen molar-refractivity contribution >= 4 is 0 Å². The molecular weight excluding hydrogens is 190 g/mol. The molecule has 1 aromatic rings. The molecule has 1 heterocycles. The molecule has 0 bridgehead atoms. The first kappa shape index (κ1) is 10.5. The van der Waals surface area contributed by atoms with Crippen LogP contribution in [0.2, 0.25) is 0 Å². The minimum atomic E-state index is 0.0670. The van der Waals surface area contributed by atoms with Crippen molar-refractivity contribution in [3.05, 3.63) is 11.9 Å². The van der Waals surface area contributed by atoms with E-state index in [1.165, 1.54) is 6.42 Å². The summed E-state index contributed by atoms with van der Waals surface area (Å²) in [5.41, 5.74) is 7.30.